The molecule has 33 heavy (non-hydrogen) atoms. The van der Waals surface area contributed by atoms with Crippen LogP contribution in [0.5, 0.6) is 5.75 Å². The van der Waals surface area contributed by atoms with Gasteiger partial charge in [0.2, 0.25) is 0 Å². The molecule has 0 amide bonds. The molecule has 0 fully saturated rings. The number of aliphatic imine (C=N–C) groups is 1. The van der Waals surface area contributed by atoms with E-state index in [2.05, 4.69) is 23.2 Å². The fourth-order valence-corrected chi connectivity index (χ4v) is 4.01. The van der Waals surface area contributed by atoms with Crippen LogP contribution in [0.15, 0.2) is 108 Å². The summed E-state index contributed by atoms with van der Waals surface area (Å²) in [5, 5.41) is 1.74. The van der Waals surface area contributed by atoms with Gasteiger partial charge < -0.3 is 4.74 Å². The van der Waals surface area contributed by atoms with E-state index in [0.717, 1.165) is 50.3 Å². The summed E-state index contributed by atoms with van der Waals surface area (Å²) in [6.07, 6.45) is 1.82. The van der Waals surface area contributed by atoms with Gasteiger partial charge in [-0.3, -0.25) is 4.99 Å². The Balaban J connectivity index is 1.52. The Morgan fingerprint density at radius 3 is 2.33 bits per heavy atom. The molecule has 160 valence electrons. The van der Waals surface area contributed by atoms with Crippen LogP contribution in [0.4, 0.5) is 5.69 Å². The number of nitrogens with zero attached hydrogens (tertiary/aromatic N) is 2. The summed E-state index contributed by atoms with van der Waals surface area (Å²) >= 11 is 6.30. The van der Waals surface area contributed by atoms with Gasteiger partial charge in [-0.15, -0.1) is 0 Å². The van der Waals surface area contributed by atoms with Gasteiger partial charge in [-0.2, -0.15) is 0 Å². The second-order valence-electron chi connectivity index (χ2n) is 7.63. The van der Waals surface area contributed by atoms with Crippen LogP contribution in [-0.4, -0.2) is 18.3 Å². The van der Waals surface area contributed by atoms with Crippen LogP contribution in [0.2, 0.25) is 5.02 Å². The number of fused-ring (bicyclic) bond motifs is 1. The van der Waals surface area contributed by atoms with E-state index in [4.69, 9.17) is 21.3 Å². The molecule has 4 heteroatoms. The zero-order valence-electron chi connectivity index (χ0n) is 18.1. The van der Waals surface area contributed by atoms with E-state index in [9.17, 15) is 0 Å². The molecule has 0 N–H and O–H groups in total. The minimum Gasteiger partial charge on any atom is -0.496 e. The molecule has 0 atom stereocenters. The maximum atomic E-state index is 6.30. The summed E-state index contributed by atoms with van der Waals surface area (Å²) < 4.78 is 5.39. The van der Waals surface area contributed by atoms with Crippen LogP contribution in [0.1, 0.15) is 5.56 Å². The van der Waals surface area contributed by atoms with Crippen LogP contribution in [0.25, 0.3) is 33.3 Å². The third-order valence-corrected chi connectivity index (χ3v) is 5.75. The lowest BCUT2D eigenvalue weighted by Crippen LogP contribution is -1.90. The molecule has 0 radical (unpaired) electrons. The zero-order chi connectivity index (χ0) is 22.6. The SMILES string of the molecule is COc1ccccc1C=Nc1ccc(-c2cc(-c3ccccc3)c3cc(Cl)ccc3n2)cc1. The molecule has 0 saturated carbocycles. The van der Waals surface area contributed by atoms with E-state index in [1.54, 1.807) is 7.11 Å². The molecule has 0 saturated heterocycles. The van der Waals surface area contributed by atoms with E-state index < -0.39 is 0 Å². The van der Waals surface area contributed by atoms with Crippen molar-refractivity contribution in [2.75, 3.05) is 7.11 Å². The third-order valence-electron chi connectivity index (χ3n) is 5.51. The quantitative estimate of drug-likeness (QED) is 0.255. The molecule has 1 aromatic heterocycles. The van der Waals surface area contributed by atoms with Gasteiger partial charge in [0.1, 0.15) is 5.75 Å². The first-order valence-electron chi connectivity index (χ1n) is 10.6. The summed E-state index contributed by atoms with van der Waals surface area (Å²) in [6, 6.07) is 34.2. The standard InChI is InChI=1S/C29H21ClN2O/c1-33-29-10-6-5-9-22(29)19-31-24-14-11-21(12-15-24)28-18-25(20-7-3-2-4-8-20)26-17-23(30)13-16-27(26)32-28/h2-19H,1H3. The van der Waals surface area contributed by atoms with Crippen molar-refractivity contribution in [3.05, 3.63) is 114 Å². The van der Waals surface area contributed by atoms with Crippen molar-refractivity contribution in [3.63, 3.8) is 0 Å². The maximum absolute atomic E-state index is 6.30. The number of aromatic nitrogens is 1. The molecule has 0 aliphatic rings. The van der Waals surface area contributed by atoms with E-state index in [-0.39, 0.29) is 0 Å². The number of halogens is 1. The Labute approximate surface area is 198 Å². The van der Waals surface area contributed by atoms with Gasteiger partial charge in [0.25, 0.3) is 0 Å². The van der Waals surface area contributed by atoms with Crippen molar-refractivity contribution in [1.29, 1.82) is 0 Å². The Kier molecular flexibility index (Phi) is 5.88. The molecule has 3 nitrogen and oxygen atoms in total. The van der Waals surface area contributed by atoms with Crippen molar-refractivity contribution >= 4 is 34.4 Å². The van der Waals surface area contributed by atoms with Crippen molar-refractivity contribution in [2.24, 2.45) is 4.99 Å². The Bertz CT molecular complexity index is 1440. The number of methoxy groups -OCH3 is 1. The highest BCUT2D eigenvalue weighted by atomic mass is 35.5. The lowest BCUT2D eigenvalue weighted by atomic mass is 9.98. The molecule has 0 aliphatic carbocycles. The molecule has 0 unspecified atom stereocenters. The maximum Gasteiger partial charge on any atom is 0.127 e. The first-order chi connectivity index (χ1) is 16.2. The predicted octanol–water partition coefficient (Wildman–Crippen LogP) is 7.98. The first kappa shape index (κ1) is 20.9. The lowest BCUT2D eigenvalue weighted by molar-refractivity contribution is 0.414. The molecule has 1 heterocycles. The van der Waals surface area contributed by atoms with Crippen molar-refractivity contribution in [1.82, 2.24) is 4.98 Å². The van der Waals surface area contributed by atoms with Crippen molar-refractivity contribution in [3.8, 4) is 28.1 Å². The van der Waals surface area contributed by atoms with Crippen LogP contribution in [0.3, 0.4) is 0 Å². The Morgan fingerprint density at radius 2 is 1.55 bits per heavy atom. The van der Waals surface area contributed by atoms with Crippen molar-refractivity contribution in [2.45, 2.75) is 0 Å². The van der Waals surface area contributed by atoms with Gasteiger partial charge in [0.15, 0.2) is 0 Å². The first-order valence-corrected chi connectivity index (χ1v) is 11.0. The van der Waals surface area contributed by atoms with Crippen LogP contribution < -0.4 is 4.74 Å². The second kappa shape index (κ2) is 9.27. The van der Waals surface area contributed by atoms with Gasteiger partial charge in [0.05, 0.1) is 24.0 Å². The number of hydrogen-bond acceptors (Lipinski definition) is 3. The molecule has 0 spiro atoms. The average Bonchev–Trinajstić information content (AvgIpc) is 2.88. The molecular formula is C29H21ClN2O. The predicted molar refractivity (Wildman–Crippen MR) is 138 cm³/mol. The lowest BCUT2D eigenvalue weighted by Gasteiger charge is -2.11. The van der Waals surface area contributed by atoms with E-state index in [1.807, 2.05) is 91.1 Å². The van der Waals surface area contributed by atoms with Gasteiger partial charge in [-0.25, -0.2) is 4.98 Å². The number of benzene rings is 4. The smallest absolute Gasteiger partial charge is 0.127 e. The number of pyridine rings is 1. The zero-order valence-corrected chi connectivity index (χ0v) is 18.8. The fraction of sp³-hybridized carbons (Fsp3) is 0.0345. The number of ether oxygens (including phenoxy) is 1. The van der Waals surface area contributed by atoms with Crippen molar-refractivity contribution < 1.29 is 4.74 Å². The van der Waals surface area contributed by atoms with E-state index in [1.165, 1.54) is 0 Å². The molecule has 4 aromatic carbocycles. The number of rotatable bonds is 5. The molecule has 0 aliphatic heterocycles. The fourth-order valence-electron chi connectivity index (χ4n) is 3.84. The van der Waals surface area contributed by atoms with Gasteiger partial charge >= 0.3 is 0 Å². The average molecular weight is 449 g/mol. The summed E-state index contributed by atoms with van der Waals surface area (Å²) in [5.41, 5.74) is 6.88. The van der Waals surface area contributed by atoms with Crippen LogP contribution in [-0.2, 0) is 0 Å². The number of para-hydroxylation sites is 1. The minimum atomic E-state index is 0.700. The molecule has 0 bridgehead atoms. The third kappa shape index (κ3) is 4.50. The topological polar surface area (TPSA) is 34.5 Å². The van der Waals surface area contributed by atoms with Crippen LogP contribution >= 0.6 is 11.6 Å². The summed E-state index contributed by atoms with van der Waals surface area (Å²) in [6.45, 7) is 0. The van der Waals surface area contributed by atoms with Crippen LogP contribution in [0, 0.1) is 0 Å². The highest BCUT2D eigenvalue weighted by molar-refractivity contribution is 6.31. The highest BCUT2D eigenvalue weighted by Crippen LogP contribution is 2.34. The second-order valence-corrected chi connectivity index (χ2v) is 8.07. The van der Waals surface area contributed by atoms with E-state index >= 15 is 0 Å². The summed E-state index contributed by atoms with van der Waals surface area (Å²) in [4.78, 5) is 9.51. The summed E-state index contributed by atoms with van der Waals surface area (Å²) in [5.74, 6) is 0.798. The van der Waals surface area contributed by atoms with Gasteiger partial charge in [-0.1, -0.05) is 66.2 Å². The highest BCUT2D eigenvalue weighted by Gasteiger charge is 2.10. The molecule has 5 rings (SSSR count). The summed E-state index contributed by atoms with van der Waals surface area (Å²) in [7, 11) is 1.66. The number of hydrogen-bond donors (Lipinski definition) is 0. The monoisotopic (exact) mass is 448 g/mol. The normalized spacial score (nSPS) is 11.2. The molecule has 5 aromatic rings. The van der Waals surface area contributed by atoms with E-state index in [0.29, 0.717) is 5.02 Å². The van der Waals surface area contributed by atoms with Gasteiger partial charge in [-0.05, 0) is 59.7 Å². The largest absolute Gasteiger partial charge is 0.496 e. The molecular weight excluding hydrogens is 428 g/mol. The van der Waals surface area contributed by atoms with Gasteiger partial charge in [0, 0.05) is 27.8 Å². The minimum absolute atomic E-state index is 0.700. The Hall–Kier alpha value is -3.95. The Morgan fingerprint density at radius 1 is 0.788 bits per heavy atom.